The number of hydrogen-bond donors (Lipinski definition) is 2. The van der Waals surface area contributed by atoms with Crippen molar-refractivity contribution in [1.82, 2.24) is 0 Å². The van der Waals surface area contributed by atoms with Crippen LogP contribution < -0.4 is 11.1 Å². The third-order valence-corrected chi connectivity index (χ3v) is 3.57. The maximum absolute atomic E-state index is 11.6. The molecular formula is C14H20N2O4. The first-order chi connectivity index (χ1) is 9.60. The van der Waals surface area contributed by atoms with Crippen LogP contribution in [0.2, 0.25) is 0 Å². The van der Waals surface area contributed by atoms with Crippen LogP contribution in [0.15, 0.2) is 18.2 Å². The molecule has 0 bridgehead atoms. The van der Waals surface area contributed by atoms with Gasteiger partial charge in [-0.1, -0.05) is 0 Å². The molecule has 3 N–H and O–H groups in total. The minimum absolute atomic E-state index is 0.313. The van der Waals surface area contributed by atoms with Crippen LogP contribution in [0.5, 0.6) is 0 Å². The first-order valence-electron chi connectivity index (χ1n) is 6.45. The zero-order valence-electron chi connectivity index (χ0n) is 11.8. The Morgan fingerprint density at radius 1 is 1.50 bits per heavy atom. The molecule has 1 atom stereocenters. The van der Waals surface area contributed by atoms with E-state index in [-0.39, 0.29) is 5.60 Å². The lowest BCUT2D eigenvalue weighted by Crippen LogP contribution is -2.39. The quantitative estimate of drug-likeness (QED) is 0.624. The predicted molar refractivity (Wildman–Crippen MR) is 75.9 cm³/mol. The Morgan fingerprint density at radius 3 is 2.90 bits per heavy atom. The van der Waals surface area contributed by atoms with E-state index in [0.717, 1.165) is 12.1 Å². The topological polar surface area (TPSA) is 82.8 Å². The maximum Gasteiger partial charge on any atom is 0.340 e. The molecule has 1 aromatic rings. The first-order valence-corrected chi connectivity index (χ1v) is 6.45. The van der Waals surface area contributed by atoms with E-state index in [9.17, 15) is 4.79 Å². The van der Waals surface area contributed by atoms with Gasteiger partial charge in [-0.2, -0.15) is 0 Å². The zero-order valence-corrected chi connectivity index (χ0v) is 11.8. The molecule has 0 amide bonds. The third-order valence-electron chi connectivity index (χ3n) is 3.57. The number of anilines is 2. The average Bonchev–Trinajstić information content (AvgIpc) is 2.95. The van der Waals surface area contributed by atoms with Crippen molar-refractivity contribution in [1.29, 1.82) is 0 Å². The van der Waals surface area contributed by atoms with Gasteiger partial charge in [-0.15, -0.1) is 0 Å². The molecule has 1 fully saturated rings. The summed E-state index contributed by atoms with van der Waals surface area (Å²) in [4.78, 5) is 11.6. The Balaban J connectivity index is 2.08. The lowest BCUT2D eigenvalue weighted by Gasteiger charge is -2.26. The number of esters is 1. The highest BCUT2D eigenvalue weighted by atomic mass is 16.5. The number of ether oxygens (including phenoxy) is 3. The molecule has 1 aromatic carbocycles. The van der Waals surface area contributed by atoms with Gasteiger partial charge < -0.3 is 25.3 Å². The highest BCUT2D eigenvalue weighted by Gasteiger charge is 2.34. The molecule has 0 aliphatic carbocycles. The molecule has 0 saturated carbocycles. The number of hydrogen-bond acceptors (Lipinski definition) is 6. The molecule has 1 aliphatic rings. The number of carbonyl (C=O) groups excluding carboxylic acids is 1. The highest BCUT2D eigenvalue weighted by molar-refractivity contribution is 5.96. The van der Waals surface area contributed by atoms with Crippen LogP contribution in [0.25, 0.3) is 0 Å². The van der Waals surface area contributed by atoms with E-state index >= 15 is 0 Å². The summed E-state index contributed by atoms with van der Waals surface area (Å²) in [6.07, 6.45) is 0.843. The number of nitrogen functional groups attached to an aromatic ring is 1. The van der Waals surface area contributed by atoms with Gasteiger partial charge in [0.25, 0.3) is 0 Å². The molecule has 2 rings (SSSR count). The van der Waals surface area contributed by atoms with Crippen LogP contribution in [0.3, 0.4) is 0 Å². The maximum atomic E-state index is 11.6. The molecular weight excluding hydrogens is 260 g/mol. The second kappa shape index (κ2) is 6.11. The van der Waals surface area contributed by atoms with E-state index in [1.165, 1.54) is 7.11 Å². The van der Waals surface area contributed by atoms with E-state index in [2.05, 4.69) is 5.32 Å². The van der Waals surface area contributed by atoms with Crippen molar-refractivity contribution in [3.05, 3.63) is 23.8 Å². The number of methoxy groups -OCH3 is 2. The summed E-state index contributed by atoms with van der Waals surface area (Å²) in [7, 11) is 3.01. The first kappa shape index (κ1) is 14.6. The van der Waals surface area contributed by atoms with Gasteiger partial charge in [0.2, 0.25) is 0 Å². The van der Waals surface area contributed by atoms with Crippen molar-refractivity contribution >= 4 is 17.3 Å². The lowest BCUT2D eigenvalue weighted by atomic mass is 10.0. The van der Waals surface area contributed by atoms with Gasteiger partial charge in [0.15, 0.2) is 0 Å². The van der Waals surface area contributed by atoms with Gasteiger partial charge in [-0.05, 0) is 18.2 Å². The largest absolute Gasteiger partial charge is 0.465 e. The van der Waals surface area contributed by atoms with Crippen LogP contribution in [0.4, 0.5) is 11.4 Å². The van der Waals surface area contributed by atoms with Crippen molar-refractivity contribution < 1.29 is 19.0 Å². The van der Waals surface area contributed by atoms with E-state index in [1.807, 2.05) is 6.07 Å². The smallest absolute Gasteiger partial charge is 0.340 e. The van der Waals surface area contributed by atoms with E-state index in [4.69, 9.17) is 19.9 Å². The van der Waals surface area contributed by atoms with Gasteiger partial charge in [-0.25, -0.2) is 4.79 Å². The fraction of sp³-hybridized carbons (Fsp3) is 0.500. The van der Waals surface area contributed by atoms with Crippen LogP contribution in [0, 0.1) is 0 Å². The van der Waals surface area contributed by atoms with Gasteiger partial charge >= 0.3 is 5.97 Å². The molecule has 110 valence electrons. The predicted octanol–water partition coefficient (Wildman–Crippen LogP) is 1.27. The molecule has 0 aromatic heterocycles. The number of nitrogens with one attached hydrogen (secondary N) is 1. The third kappa shape index (κ3) is 3.02. The van der Waals surface area contributed by atoms with Crippen molar-refractivity contribution in [3.8, 4) is 0 Å². The summed E-state index contributed by atoms with van der Waals surface area (Å²) >= 11 is 0. The Hall–Kier alpha value is -1.79. The molecule has 0 radical (unpaired) electrons. The number of carbonyl (C=O) groups is 1. The van der Waals surface area contributed by atoms with Crippen molar-refractivity contribution in [3.63, 3.8) is 0 Å². The average molecular weight is 280 g/mol. The van der Waals surface area contributed by atoms with Crippen molar-refractivity contribution in [2.45, 2.75) is 12.0 Å². The fourth-order valence-electron chi connectivity index (χ4n) is 2.18. The standard InChI is InChI=1S/C14H20N2O4/c1-18-13(17)11-7-10(3-4-12(11)15)16-8-14(19-2)5-6-20-9-14/h3-4,7,16H,5-6,8-9,15H2,1-2H3. The number of rotatable bonds is 5. The highest BCUT2D eigenvalue weighted by Crippen LogP contribution is 2.24. The minimum Gasteiger partial charge on any atom is -0.465 e. The second-order valence-corrected chi connectivity index (χ2v) is 4.84. The molecule has 0 spiro atoms. The van der Waals surface area contributed by atoms with E-state index < -0.39 is 5.97 Å². The normalized spacial score (nSPS) is 21.7. The summed E-state index contributed by atoms with van der Waals surface area (Å²) in [5.41, 5.74) is 6.99. The van der Waals surface area contributed by atoms with E-state index in [1.54, 1.807) is 19.2 Å². The van der Waals surface area contributed by atoms with Crippen LogP contribution in [-0.2, 0) is 14.2 Å². The summed E-state index contributed by atoms with van der Waals surface area (Å²) in [5.74, 6) is -0.447. The zero-order chi connectivity index (χ0) is 14.6. The summed E-state index contributed by atoms with van der Waals surface area (Å²) < 4.78 is 15.6. The van der Waals surface area contributed by atoms with Gasteiger partial charge in [-0.3, -0.25) is 0 Å². The molecule has 6 nitrogen and oxygen atoms in total. The molecule has 1 saturated heterocycles. The molecule has 1 heterocycles. The summed E-state index contributed by atoms with van der Waals surface area (Å²) in [6, 6.07) is 5.18. The van der Waals surface area contributed by atoms with E-state index in [0.29, 0.717) is 31.0 Å². The lowest BCUT2D eigenvalue weighted by molar-refractivity contribution is -0.00619. The summed E-state index contributed by atoms with van der Waals surface area (Å²) in [6.45, 7) is 1.87. The van der Waals surface area contributed by atoms with Gasteiger partial charge in [0, 0.05) is 38.1 Å². The summed E-state index contributed by atoms with van der Waals surface area (Å²) in [5, 5.41) is 3.26. The van der Waals surface area contributed by atoms with Crippen LogP contribution >= 0.6 is 0 Å². The number of benzene rings is 1. The second-order valence-electron chi connectivity index (χ2n) is 4.84. The number of nitrogens with two attached hydrogens (primary N) is 1. The SMILES string of the molecule is COC(=O)c1cc(NCC2(OC)CCOC2)ccc1N. The Labute approximate surface area is 118 Å². The van der Waals surface area contributed by atoms with Crippen molar-refractivity contribution in [2.75, 3.05) is 45.0 Å². The van der Waals surface area contributed by atoms with Crippen molar-refractivity contribution in [2.24, 2.45) is 0 Å². The van der Waals surface area contributed by atoms with Crippen LogP contribution in [0.1, 0.15) is 16.8 Å². The Kier molecular flexibility index (Phi) is 4.46. The minimum atomic E-state index is -0.447. The molecule has 6 heteroatoms. The molecule has 1 unspecified atom stereocenters. The monoisotopic (exact) mass is 280 g/mol. The van der Waals surface area contributed by atoms with Crippen LogP contribution in [-0.4, -0.2) is 45.5 Å². The fourth-order valence-corrected chi connectivity index (χ4v) is 2.18. The van der Waals surface area contributed by atoms with Gasteiger partial charge in [0.05, 0.1) is 19.3 Å². The van der Waals surface area contributed by atoms with Gasteiger partial charge in [0.1, 0.15) is 5.60 Å². The molecule has 20 heavy (non-hydrogen) atoms. The Bertz CT molecular complexity index is 484. The Morgan fingerprint density at radius 2 is 2.30 bits per heavy atom. The molecule has 1 aliphatic heterocycles.